The Bertz CT molecular complexity index is 1010. The molecule has 0 saturated heterocycles. The van der Waals surface area contributed by atoms with Crippen molar-refractivity contribution in [1.82, 2.24) is 19.9 Å². The molecular weight excluding hydrogens is 373 g/mol. The van der Waals surface area contributed by atoms with Gasteiger partial charge in [-0.2, -0.15) is 4.98 Å². The number of halogens is 1. The van der Waals surface area contributed by atoms with Crippen LogP contribution in [0.3, 0.4) is 0 Å². The predicted octanol–water partition coefficient (Wildman–Crippen LogP) is 3.01. The molecule has 2 heterocycles. The molecule has 1 fully saturated rings. The lowest BCUT2D eigenvalue weighted by Crippen LogP contribution is -2.32. The minimum absolute atomic E-state index is 0.0755. The van der Waals surface area contributed by atoms with Gasteiger partial charge in [0.15, 0.2) is 11.6 Å². The predicted molar refractivity (Wildman–Crippen MR) is 111 cm³/mol. The van der Waals surface area contributed by atoms with Crippen LogP contribution in [0.1, 0.15) is 25.7 Å². The number of benzene rings is 1. The third kappa shape index (κ3) is 4.28. The SMILES string of the molecule is CN(C)c1nc(NC2CCC(Oc3cc(N)cc4nccnc34)CC2)ncc1F. The van der Waals surface area contributed by atoms with E-state index in [1.165, 1.54) is 6.20 Å². The highest BCUT2D eigenvalue weighted by Gasteiger charge is 2.24. The van der Waals surface area contributed by atoms with Crippen LogP contribution in [-0.4, -0.2) is 46.2 Å². The molecule has 0 atom stereocenters. The van der Waals surface area contributed by atoms with Crippen molar-refractivity contribution in [1.29, 1.82) is 0 Å². The van der Waals surface area contributed by atoms with Crippen LogP contribution < -0.4 is 20.7 Å². The third-order valence-electron chi connectivity index (χ3n) is 5.01. The number of anilines is 3. The number of nitrogen functional groups attached to an aromatic ring is 1. The van der Waals surface area contributed by atoms with Crippen molar-refractivity contribution in [2.45, 2.75) is 37.8 Å². The minimum Gasteiger partial charge on any atom is -0.488 e. The first kappa shape index (κ1) is 19.1. The first-order valence-corrected chi connectivity index (χ1v) is 9.63. The number of aromatic nitrogens is 4. The van der Waals surface area contributed by atoms with Crippen molar-refractivity contribution >= 4 is 28.5 Å². The van der Waals surface area contributed by atoms with Crippen molar-refractivity contribution in [3.8, 4) is 5.75 Å². The Hall–Kier alpha value is -3.23. The average molecular weight is 397 g/mol. The summed E-state index contributed by atoms with van der Waals surface area (Å²) in [7, 11) is 3.50. The molecule has 29 heavy (non-hydrogen) atoms. The fourth-order valence-corrected chi connectivity index (χ4v) is 3.58. The fraction of sp³-hybridized carbons (Fsp3) is 0.400. The van der Waals surface area contributed by atoms with Gasteiger partial charge < -0.3 is 20.7 Å². The standard InChI is InChI=1S/C20H24FN7O/c1-28(2)19-15(21)11-25-20(27-19)26-13-3-5-14(6-4-13)29-17-10-12(22)9-16-18(17)24-8-7-23-16/h7-11,13-14H,3-6,22H2,1-2H3,(H,25,26,27). The molecule has 8 nitrogen and oxygen atoms in total. The maximum atomic E-state index is 13.8. The van der Waals surface area contributed by atoms with Crippen LogP contribution >= 0.6 is 0 Å². The number of nitrogens with one attached hydrogen (secondary N) is 1. The molecule has 0 unspecified atom stereocenters. The van der Waals surface area contributed by atoms with Crippen LogP contribution in [0.15, 0.2) is 30.7 Å². The molecule has 1 saturated carbocycles. The van der Waals surface area contributed by atoms with Gasteiger partial charge in [0.05, 0.1) is 17.8 Å². The number of nitrogens with two attached hydrogens (primary N) is 1. The number of nitrogens with zero attached hydrogens (tertiary/aromatic N) is 5. The highest BCUT2D eigenvalue weighted by atomic mass is 19.1. The number of hydrogen-bond donors (Lipinski definition) is 2. The highest BCUT2D eigenvalue weighted by Crippen LogP contribution is 2.30. The summed E-state index contributed by atoms with van der Waals surface area (Å²) in [5, 5.41) is 3.31. The molecule has 1 aliphatic carbocycles. The summed E-state index contributed by atoms with van der Waals surface area (Å²) in [6.45, 7) is 0. The van der Waals surface area contributed by atoms with E-state index in [1.807, 2.05) is 0 Å². The van der Waals surface area contributed by atoms with E-state index in [1.54, 1.807) is 43.5 Å². The Balaban J connectivity index is 1.39. The zero-order valence-corrected chi connectivity index (χ0v) is 16.5. The van der Waals surface area contributed by atoms with Crippen molar-refractivity contribution in [2.24, 2.45) is 0 Å². The van der Waals surface area contributed by atoms with E-state index in [-0.39, 0.29) is 18.0 Å². The van der Waals surface area contributed by atoms with Crippen LogP contribution in [0.5, 0.6) is 5.75 Å². The second kappa shape index (κ2) is 8.02. The average Bonchev–Trinajstić information content (AvgIpc) is 2.70. The smallest absolute Gasteiger partial charge is 0.225 e. The van der Waals surface area contributed by atoms with E-state index in [0.717, 1.165) is 36.7 Å². The molecule has 0 amide bonds. The van der Waals surface area contributed by atoms with Gasteiger partial charge >= 0.3 is 0 Å². The summed E-state index contributed by atoms with van der Waals surface area (Å²) in [6.07, 6.45) is 8.10. The highest BCUT2D eigenvalue weighted by molar-refractivity contribution is 5.84. The van der Waals surface area contributed by atoms with E-state index in [4.69, 9.17) is 10.5 Å². The fourth-order valence-electron chi connectivity index (χ4n) is 3.58. The van der Waals surface area contributed by atoms with Gasteiger partial charge in [0.1, 0.15) is 11.3 Å². The van der Waals surface area contributed by atoms with Crippen LogP contribution in [0.2, 0.25) is 0 Å². The van der Waals surface area contributed by atoms with E-state index in [0.29, 0.717) is 17.4 Å². The Morgan fingerprint density at radius 2 is 1.86 bits per heavy atom. The van der Waals surface area contributed by atoms with Crippen molar-refractivity contribution in [2.75, 3.05) is 30.0 Å². The quantitative estimate of drug-likeness (QED) is 0.634. The van der Waals surface area contributed by atoms with E-state index in [2.05, 4.69) is 25.3 Å². The Morgan fingerprint density at radius 1 is 1.10 bits per heavy atom. The minimum atomic E-state index is -0.435. The molecule has 1 aliphatic rings. The molecule has 1 aromatic carbocycles. The largest absolute Gasteiger partial charge is 0.488 e. The zero-order chi connectivity index (χ0) is 20.4. The summed E-state index contributed by atoms with van der Waals surface area (Å²) in [5.74, 6) is 0.947. The second-order valence-corrected chi connectivity index (χ2v) is 7.44. The number of fused-ring (bicyclic) bond motifs is 1. The van der Waals surface area contributed by atoms with Gasteiger partial charge in [-0.15, -0.1) is 0 Å². The third-order valence-corrected chi connectivity index (χ3v) is 5.01. The lowest BCUT2D eigenvalue weighted by Gasteiger charge is -2.30. The molecule has 0 aliphatic heterocycles. The number of rotatable bonds is 5. The zero-order valence-electron chi connectivity index (χ0n) is 16.5. The molecule has 2 aromatic heterocycles. The van der Waals surface area contributed by atoms with E-state index >= 15 is 0 Å². The molecule has 3 N–H and O–H groups in total. The van der Waals surface area contributed by atoms with Gasteiger partial charge in [-0.25, -0.2) is 14.4 Å². The lowest BCUT2D eigenvalue weighted by atomic mass is 9.93. The maximum absolute atomic E-state index is 13.8. The first-order chi connectivity index (χ1) is 14.0. The monoisotopic (exact) mass is 397 g/mol. The van der Waals surface area contributed by atoms with Crippen LogP contribution in [0, 0.1) is 5.82 Å². The van der Waals surface area contributed by atoms with Crippen molar-refractivity contribution in [3.05, 3.63) is 36.5 Å². The summed E-state index contributed by atoms with van der Waals surface area (Å²) in [5.41, 5.74) is 8.03. The molecule has 0 radical (unpaired) electrons. The molecule has 9 heteroatoms. The second-order valence-electron chi connectivity index (χ2n) is 7.44. The van der Waals surface area contributed by atoms with Gasteiger partial charge in [0, 0.05) is 44.3 Å². The number of hydrogen-bond acceptors (Lipinski definition) is 8. The lowest BCUT2D eigenvalue weighted by molar-refractivity contribution is 0.152. The van der Waals surface area contributed by atoms with Gasteiger partial charge in [0.25, 0.3) is 0 Å². The summed E-state index contributed by atoms with van der Waals surface area (Å²) in [4.78, 5) is 18.6. The van der Waals surface area contributed by atoms with Crippen LogP contribution in [0.25, 0.3) is 11.0 Å². The summed E-state index contributed by atoms with van der Waals surface area (Å²) < 4.78 is 20.0. The molecule has 4 rings (SSSR count). The molecule has 3 aromatic rings. The molecule has 0 bridgehead atoms. The van der Waals surface area contributed by atoms with Gasteiger partial charge in [-0.3, -0.25) is 4.98 Å². The molecule has 0 spiro atoms. The van der Waals surface area contributed by atoms with Crippen LogP contribution in [0.4, 0.5) is 21.8 Å². The number of ether oxygens (including phenoxy) is 1. The van der Waals surface area contributed by atoms with Gasteiger partial charge in [-0.1, -0.05) is 0 Å². The Morgan fingerprint density at radius 3 is 2.62 bits per heavy atom. The van der Waals surface area contributed by atoms with Crippen molar-refractivity contribution in [3.63, 3.8) is 0 Å². The van der Waals surface area contributed by atoms with Gasteiger partial charge in [0.2, 0.25) is 5.95 Å². The normalized spacial score (nSPS) is 19.1. The van der Waals surface area contributed by atoms with Gasteiger partial charge in [-0.05, 0) is 31.7 Å². The van der Waals surface area contributed by atoms with Crippen molar-refractivity contribution < 1.29 is 9.13 Å². The van der Waals surface area contributed by atoms with E-state index < -0.39 is 5.82 Å². The Kier molecular flexibility index (Phi) is 5.28. The van der Waals surface area contributed by atoms with E-state index in [9.17, 15) is 4.39 Å². The molecule has 152 valence electrons. The topological polar surface area (TPSA) is 102 Å². The summed E-state index contributed by atoms with van der Waals surface area (Å²) >= 11 is 0. The van der Waals surface area contributed by atoms with Crippen LogP contribution in [-0.2, 0) is 0 Å². The maximum Gasteiger partial charge on any atom is 0.225 e. The summed E-state index contributed by atoms with van der Waals surface area (Å²) in [6, 6.07) is 3.81. The first-order valence-electron chi connectivity index (χ1n) is 9.63. The Labute approximate surface area is 168 Å². The molecular formula is C20H24FN7O.